The summed E-state index contributed by atoms with van der Waals surface area (Å²) in [6, 6.07) is 19.8. The fourth-order valence-corrected chi connectivity index (χ4v) is 3.36. The summed E-state index contributed by atoms with van der Waals surface area (Å²) in [5.74, 6) is 0.574. The highest BCUT2D eigenvalue weighted by molar-refractivity contribution is 5.86. The van der Waals surface area contributed by atoms with Gasteiger partial charge in [-0.05, 0) is 53.4 Å². The fourth-order valence-electron chi connectivity index (χ4n) is 3.36. The molecule has 1 heterocycles. The molecule has 0 bridgehead atoms. The minimum Gasteiger partial charge on any atom is -0.410 e. The normalized spacial score (nSPS) is 13.8. The highest BCUT2D eigenvalue weighted by Gasteiger charge is 2.15. The molecule has 1 unspecified atom stereocenters. The number of carbonyl (C=O) groups is 1. The molecule has 25 heavy (non-hydrogen) atoms. The molecule has 1 amide bonds. The first-order valence-corrected chi connectivity index (χ1v) is 8.53. The molecule has 1 aliphatic heterocycles. The van der Waals surface area contributed by atoms with Gasteiger partial charge in [0.25, 0.3) is 0 Å². The SMILES string of the molecule is CC(NC(=O)Oc1ccc2c(c1)CCN2)c1cccc2ccccc12. The summed E-state index contributed by atoms with van der Waals surface area (Å²) in [4.78, 5) is 12.3. The number of nitrogens with one attached hydrogen (secondary N) is 2. The highest BCUT2D eigenvalue weighted by atomic mass is 16.6. The van der Waals surface area contributed by atoms with Gasteiger partial charge in [0.2, 0.25) is 0 Å². The third kappa shape index (κ3) is 3.15. The summed E-state index contributed by atoms with van der Waals surface area (Å²) in [5, 5.41) is 8.52. The summed E-state index contributed by atoms with van der Waals surface area (Å²) >= 11 is 0. The summed E-state index contributed by atoms with van der Waals surface area (Å²) in [7, 11) is 0. The Balaban J connectivity index is 1.48. The maximum absolute atomic E-state index is 12.3. The molecule has 1 aliphatic rings. The van der Waals surface area contributed by atoms with Gasteiger partial charge in [0.05, 0.1) is 6.04 Å². The van der Waals surface area contributed by atoms with Gasteiger partial charge >= 0.3 is 6.09 Å². The van der Waals surface area contributed by atoms with Crippen LogP contribution in [0.5, 0.6) is 5.75 Å². The van der Waals surface area contributed by atoms with E-state index in [9.17, 15) is 4.79 Å². The van der Waals surface area contributed by atoms with Gasteiger partial charge in [0, 0.05) is 12.2 Å². The van der Waals surface area contributed by atoms with Crippen molar-refractivity contribution in [3.63, 3.8) is 0 Å². The van der Waals surface area contributed by atoms with E-state index in [1.807, 2.05) is 49.4 Å². The number of benzene rings is 3. The third-order valence-corrected chi connectivity index (χ3v) is 4.62. The van der Waals surface area contributed by atoms with Crippen molar-refractivity contribution in [2.75, 3.05) is 11.9 Å². The van der Waals surface area contributed by atoms with E-state index in [0.29, 0.717) is 5.75 Å². The Morgan fingerprint density at radius 3 is 2.88 bits per heavy atom. The molecule has 2 N–H and O–H groups in total. The van der Waals surface area contributed by atoms with Crippen molar-refractivity contribution in [2.24, 2.45) is 0 Å². The first-order chi connectivity index (χ1) is 12.2. The first-order valence-electron chi connectivity index (χ1n) is 8.53. The predicted molar refractivity (Wildman–Crippen MR) is 100 cm³/mol. The van der Waals surface area contributed by atoms with Crippen LogP contribution in [0.2, 0.25) is 0 Å². The second kappa shape index (κ2) is 6.48. The summed E-state index contributed by atoms with van der Waals surface area (Å²) in [6.07, 6.45) is 0.520. The van der Waals surface area contributed by atoms with Crippen LogP contribution in [0.25, 0.3) is 10.8 Å². The van der Waals surface area contributed by atoms with E-state index in [0.717, 1.165) is 35.0 Å². The van der Waals surface area contributed by atoms with Crippen LogP contribution in [0.15, 0.2) is 60.7 Å². The average molecular weight is 332 g/mol. The smallest absolute Gasteiger partial charge is 0.410 e. The van der Waals surface area contributed by atoms with E-state index >= 15 is 0 Å². The minimum absolute atomic E-state index is 0.144. The quantitative estimate of drug-likeness (QED) is 0.733. The molecule has 0 saturated heterocycles. The monoisotopic (exact) mass is 332 g/mol. The Kier molecular flexibility index (Phi) is 4.02. The lowest BCUT2D eigenvalue weighted by Gasteiger charge is -2.16. The number of rotatable bonds is 3. The number of hydrogen-bond donors (Lipinski definition) is 2. The molecule has 0 radical (unpaired) electrons. The second-order valence-corrected chi connectivity index (χ2v) is 6.32. The van der Waals surface area contributed by atoms with E-state index < -0.39 is 6.09 Å². The molecule has 1 atom stereocenters. The largest absolute Gasteiger partial charge is 0.413 e. The number of hydrogen-bond acceptors (Lipinski definition) is 3. The fraction of sp³-hybridized carbons (Fsp3) is 0.190. The third-order valence-electron chi connectivity index (χ3n) is 4.62. The van der Waals surface area contributed by atoms with Crippen molar-refractivity contribution in [3.8, 4) is 5.75 Å². The number of fused-ring (bicyclic) bond motifs is 2. The van der Waals surface area contributed by atoms with Crippen LogP contribution in [-0.4, -0.2) is 12.6 Å². The second-order valence-electron chi connectivity index (χ2n) is 6.32. The van der Waals surface area contributed by atoms with Crippen LogP contribution in [0.1, 0.15) is 24.1 Å². The Hall–Kier alpha value is -3.01. The summed E-state index contributed by atoms with van der Waals surface area (Å²) in [5.41, 5.74) is 3.39. The molecule has 3 aromatic rings. The maximum Gasteiger partial charge on any atom is 0.413 e. The van der Waals surface area contributed by atoms with Crippen molar-refractivity contribution < 1.29 is 9.53 Å². The standard InChI is InChI=1S/C21H20N2O2/c1-14(18-8-4-6-15-5-2-3-7-19(15)18)23-21(24)25-17-9-10-20-16(13-17)11-12-22-20/h2-10,13-14,22H,11-12H2,1H3,(H,23,24). The Bertz CT molecular complexity index is 931. The molecule has 0 aromatic heterocycles. The topological polar surface area (TPSA) is 50.4 Å². The van der Waals surface area contributed by atoms with Gasteiger partial charge in [0.1, 0.15) is 5.75 Å². The molecule has 126 valence electrons. The molecule has 0 saturated carbocycles. The molecule has 4 rings (SSSR count). The van der Waals surface area contributed by atoms with Gasteiger partial charge in [-0.3, -0.25) is 0 Å². The van der Waals surface area contributed by atoms with Crippen LogP contribution < -0.4 is 15.4 Å². The lowest BCUT2D eigenvalue weighted by molar-refractivity contribution is 0.197. The number of amides is 1. The Morgan fingerprint density at radius 2 is 1.96 bits per heavy atom. The zero-order chi connectivity index (χ0) is 17.2. The van der Waals surface area contributed by atoms with Crippen LogP contribution in [0.4, 0.5) is 10.5 Å². The molecule has 3 aromatic carbocycles. The van der Waals surface area contributed by atoms with Crippen LogP contribution >= 0.6 is 0 Å². The number of ether oxygens (including phenoxy) is 1. The predicted octanol–water partition coefficient (Wildman–Crippen LogP) is 4.66. The van der Waals surface area contributed by atoms with Gasteiger partial charge < -0.3 is 15.4 Å². The summed E-state index contributed by atoms with van der Waals surface area (Å²) in [6.45, 7) is 2.90. The molecule has 0 spiro atoms. The Morgan fingerprint density at radius 1 is 1.12 bits per heavy atom. The van der Waals surface area contributed by atoms with Crippen molar-refractivity contribution >= 4 is 22.6 Å². The van der Waals surface area contributed by atoms with E-state index in [4.69, 9.17) is 4.74 Å². The van der Waals surface area contributed by atoms with Gasteiger partial charge in [-0.1, -0.05) is 42.5 Å². The van der Waals surface area contributed by atoms with E-state index in [1.165, 1.54) is 5.56 Å². The lowest BCUT2D eigenvalue weighted by atomic mass is 10.00. The van der Waals surface area contributed by atoms with Gasteiger partial charge in [-0.15, -0.1) is 0 Å². The molecule has 0 fully saturated rings. The van der Waals surface area contributed by atoms with Crippen molar-refractivity contribution in [2.45, 2.75) is 19.4 Å². The maximum atomic E-state index is 12.3. The minimum atomic E-state index is -0.439. The van der Waals surface area contributed by atoms with E-state index in [-0.39, 0.29) is 6.04 Å². The number of carbonyl (C=O) groups excluding carboxylic acids is 1. The lowest BCUT2D eigenvalue weighted by Crippen LogP contribution is -2.29. The van der Waals surface area contributed by atoms with Crippen molar-refractivity contribution in [1.82, 2.24) is 5.32 Å². The van der Waals surface area contributed by atoms with Crippen LogP contribution in [0.3, 0.4) is 0 Å². The molecule has 0 aliphatic carbocycles. The number of anilines is 1. The zero-order valence-corrected chi connectivity index (χ0v) is 14.1. The van der Waals surface area contributed by atoms with Crippen LogP contribution in [0, 0.1) is 0 Å². The van der Waals surface area contributed by atoms with Gasteiger partial charge in [0.15, 0.2) is 0 Å². The molecule has 4 nitrogen and oxygen atoms in total. The first kappa shape index (κ1) is 15.5. The highest BCUT2D eigenvalue weighted by Crippen LogP contribution is 2.27. The van der Waals surface area contributed by atoms with Crippen molar-refractivity contribution in [3.05, 3.63) is 71.8 Å². The zero-order valence-electron chi connectivity index (χ0n) is 14.1. The average Bonchev–Trinajstić information content (AvgIpc) is 3.08. The Labute approximate surface area is 146 Å². The molecule has 4 heteroatoms. The van der Waals surface area contributed by atoms with Gasteiger partial charge in [-0.2, -0.15) is 0 Å². The molecular formula is C21H20N2O2. The van der Waals surface area contributed by atoms with Crippen LogP contribution in [-0.2, 0) is 6.42 Å². The van der Waals surface area contributed by atoms with E-state index in [2.05, 4.69) is 28.8 Å². The van der Waals surface area contributed by atoms with E-state index in [1.54, 1.807) is 0 Å². The van der Waals surface area contributed by atoms with Crippen molar-refractivity contribution in [1.29, 1.82) is 0 Å². The van der Waals surface area contributed by atoms with Gasteiger partial charge in [-0.25, -0.2) is 4.79 Å². The summed E-state index contributed by atoms with van der Waals surface area (Å²) < 4.78 is 5.47. The molecular weight excluding hydrogens is 312 g/mol.